The zero-order valence-corrected chi connectivity index (χ0v) is 12.4. The summed E-state index contributed by atoms with van der Waals surface area (Å²) in [5, 5.41) is 0.563. The Kier molecular flexibility index (Phi) is 5.19. The van der Waals surface area contributed by atoms with E-state index in [1.54, 1.807) is 48.5 Å². The average Bonchev–Trinajstić information content (AvgIpc) is 2.45. The molecule has 0 saturated carbocycles. The molecule has 21 heavy (non-hydrogen) atoms. The van der Waals surface area contributed by atoms with E-state index >= 15 is 0 Å². The molecule has 2 aromatic rings. The van der Waals surface area contributed by atoms with Gasteiger partial charge in [0, 0.05) is 5.02 Å². The van der Waals surface area contributed by atoms with E-state index in [2.05, 4.69) is 4.18 Å². The zero-order valence-electron chi connectivity index (χ0n) is 10.8. The van der Waals surface area contributed by atoms with E-state index in [4.69, 9.17) is 20.9 Å². The van der Waals surface area contributed by atoms with Crippen molar-refractivity contribution in [2.75, 3.05) is 6.61 Å². The highest BCUT2D eigenvalue weighted by Crippen LogP contribution is 2.24. The second kappa shape index (κ2) is 6.91. The molecule has 1 unspecified atom stereocenters. The van der Waals surface area contributed by atoms with Crippen LogP contribution in [0, 0.1) is 0 Å². The van der Waals surface area contributed by atoms with Crippen molar-refractivity contribution in [1.29, 1.82) is 0 Å². The normalized spacial score (nSPS) is 12.9. The van der Waals surface area contributed by atoms with Gasteiger partial charge in [-0.25, -0.2) is 4.18 Å². The Labute approximate surface area is 128 Å². The summed E-state index contributed by atoms with van der Waals surface area (Å²) < 4.78 is 40.3. The molecular weight excluding hydrogens is 316 g/mol. The van der Waals surface area contributed by atoms with Gasteiger partial charge in [-0.15, -0.1) is 0 Å². The van der Waals surface area contributed by atoms with Crippen molar-refractivity contribution >= 4 is 22.0 Å². The lowest BCUT2D eigenvalue weighted by Crippen LogP contribution is -2.17. The summed E-state index contributed by atoms with van der Waals surface area (Å²) in [6, 6.07) is 15.6. The second-order valence-corrected chi connectivity index (χ2v) is 5.71. The van der Waals surface area contributed by atoms with Crippen molar-refractivity contribution in [3.05, 3.63) is 65.2 Å². The Morgan fingerprint density at radius 3 is 2.24 bits per heavy atom. The van der Waals surface area contributed by atoms with E-state index in [0.717, 1.165) is 5.56 Å². The molecule has 2 aromatic carbocycles. The van der Waals surface area contributed by atoms with Gasteiger partial charge in [-0.2, -0.15) is 8.42 Å². The van der Waals surface area contributed by atoms with Gasteiger partial charge in [0.1, 0.15) is 18.5 Å². The van der Waals surface area contributed by atoms with Crippen molar-refractivity contribution in [2.24, 2.45) is 0 Å². The first-order valence-electron chi connectivity index (χ1n) is 6.03. The van der Waals surface area contributed by atoms with Crippen LogP contribution < -0.4 is 4.74 Å². The molecule has 0 amide bonds. The smallest absolute Gasteiger partial charge is 0.397 e. The third-order valence-electron chi connectivity index (χ3n) is 2.63. The molecule has 112 valence electrons. The van der Waals surface area contributed by atoms with Gasteiger partial charge in [0.25, 0.3) is 0 Å². The molecule has 0 heterocycles. The first-order valence-corrected chi connectivity index (χ1v) is 7.77. The SMILES string of the molecule is O=S(=O)(O)OCC(Oc1ccc(Cl)cc1)c1ccccc1. The number of hydrogen-bond acceptors (Lipinski definition) is 4. The molecule has 0 bridgehead atoms. The Balaban J connectivity index is 2.17. The molecule has 0 aliphatic rings. The van der Waals surface area contributed by atoms with E-state index in [-0.39, 0.29) is 6.61 Å². The minimum Gasteiger partial charge on any atom is -0.483 e. The highest BCUT2D eigenvalue weighted by atomic mass is 35.5. The molecule has 1 atom stereocenters. The van der Waals surface area contributed by atoms with E-state index < -0.39 is 16.5 Å². The highest BCUT2D eigenvalue weighted by molar-refractivity contribution is 7.80. The first kappa shape index (κ1) is 15.8. The predicted octanol–water partition coefficient (Wildman–Crippen LogP) is 3.28. The molecule has 1 N–H and O–H groups in total. The Hall–Kier alpha value is -1.60. The standard InChI is InChI=1S/C14H13ClO5S/c15-12-6-8-13(9-7-12)20-14(10-19-21(16,17)18)11-4-2-1-3-5-11/h1-9,14H,10H2,(H,16,17,18). The summed E-state index contributed by atoms with van der Waals surface area (Å²) in [4.78, 5) is 0. The van der Waals surface area contributed by atoms with Crippen LogP contribution in [0.15, 0.2) is 54.6 Å². The van der Waals surface area contributed by atoms with Gasteiger partial charge in [0.2, 0.25) is 0 Å². The zero-order chi connectivity index (χ0) is 15.3. The van der Waals surface area contributed by atoms with Crippen molar-refractivity contribution in [3.63, 3.8) is 0 Å². The molecule has 0 fully saturated rings. The van der Waals surface area contributed by atoms with Crippen molar-refractivity contribution < 1.29 is 21.9 Å². The Bertz CT molecular complexity index is 670. The summed E-state index contributed by atoms with van der Waals surface area (Å²) >= 11 is 5.79. The summed E-state index contributed by atoms with van der Waals surface area (Å²) in [6.07, 6.45) is -0.686. The highest BCUT2D eigenvalue weighted by Gasteiger charge is 2.17. The molecule has 0 aliphatic carbocycles. The Morgan fingerprint density at radius 1 is 1.05 bits per heavy atom. The van der Waals surface area contributed by atoms with Crippen molar-refractivity contribution in [1.82, 2.24) is 0 Å². The maximum Gasteiger partial charge on any atom is 0.397 e. The second-order valence-electron chi connectivity index (χ2n) is 4.18. The average molecular weight is 329 g/mol. The third-order valence-corrected chi connectivity index (χ3v) is 3.32. The van der Waals surface area contributed by atoms with Crippen molar-refractivity contribution in [2.45, 2.75) is 6.10 Å². The molecule has 2 rings (SSSR count). The van der Waals surface area contributed by atoms with Crippen LogP contribution in [0.1, 0.15) is 11.7 Å². The van der Waals surface area contributed by atoms with Crippen LogP contribution in [0.4, 0.5) is 0 Å². The van der Waals surface area contributed by atoms with Crippen LogP contribution in [0.2, 0.25) is 5.02 Å². The quantitative estimate of drug-likeness (QED) is 0.824. The lowest BCUT2D eigenvalue weighted by molar-refractivity contribution is 0.124. The fourth-order valence-corrected chi connectivity index (χ4v) is 2.11. The summed E-state index contributed by atoms with van der Waals surface area (Å²) in [5.74, 6) is 0.507. The molecular formula is C14H13ClO5S. The fraction of sp³-hybridized carbons (Fsp3) is 0.143. The van der Waals surface area contributed by atoms with E-state index in [9.17, 15) is 8.42 Å². The minimum atomic E-state index is -4.53. The molecule has 0 spiro atoms. The summed E-state index contributed by atoms with van der Waals surface area (Å²) in [7, 11) is -4.53. The molecule has 0 aromatic heterocycles. The van der Waals surface area contributed by atoms with Crippen LogP contribution >= 0.6 is 11.6 Å². The number of ether oxygens (including phenoxy) is 1. The third kappa shape index (κ3) is 5.35. The van der Waals surface area contributed by atoms with Crippen LogP contribution in [0.3, 0.4) is 0 Å². The number of rotatable bonds is 6. The molecule has 7 heteroatoms. The van der Waals surface area contributed by atoms with E-state index in [0.29, 0.717) is 10.8 Å². The van der Waals surface area contributed by atoms with Gasteiger partial charge < -0.3 is 4.74 Å². The maximum absolute atomic E-state index is 10.7. The predicted molar refractivity (Wildman–Crippen MR) is 78.8 cm³/mol. The maximum atomic E-state index is 10.7. The van der Waals surface area contributed by atoms with Crippen LogP contribution in [-0.2, 0) is 14.6 Å². The lowest BCUT2D eigenvalue weighted by Gasteiger charge is -2.18. The number of benzene rings is 2. The topological polar surface area (TPSA) is 72.8 Å². The van der Waals surface area contributed by atoms with Gasteiger partial charge in [-0.3, -0.25) is 4.55 Å². The molecule has 0 radical (unpaired) electrons. The van der Waals surface area contributed by atoms with E-state index in [1.165, 1.54) is 0 Å². The van der Waals surface area contributed by atoms with Gasteiger partial charge in [-0.1, -0.05) is 41.9 Å². The minimum absolute atomic E-state index is 0.342. The van der Waals surface area contributed by atoms with Gasteiger partial charge in [-0.05, 0) is 29.8 Å². The number of halogens is 1. The van der Waals surface area contributed by atoms with Crippen LogP contribution in [0.25, 0.3) is 0 Å². The van der Waals surface area contributed by atoms with Gasteiger partial charge >= 0.3 is 10.4 Å². The largest absolute Gasteiger partial charge is 0.483 e. The molecule has 5 nitrogen and oxygen atoms in total. The monoisotopic (exact) mass is 328 g/mol. The van der Waals surface area contributed by atoms with Crippen LogP contribution in [0.5, 0.6) is 5.75 Å². The molecule has 0 aliphatic heterocycles. The lowest BCUT2D eigenvalue weighted by atomic mass is 10.1. The fourth-order valence-electron chi connectivity index (χ4n) is 1.69. The van der Waals surface area contributed by atoms with Gasteiger partial charge in [0.05, 0.1) is 0 Å². The van der Waals surface area contributed by atoms with E-state index in [1.807, 2.05) is 6.07 Å². The first-order chi connectivity index (χ1) is 9.94. The Morgan fingerprint density at radius 2 is 1.67 bits per heavy atom. The van der Waals surface area contributed by atoms with Crippen LogP contribution in [-0.4, -0.2) is 19.6 Å². The molecule has 0 saturated heterocycles. The van der Waals surface area contributed by atoms with Gasteiger partial charge in [0.15, 0.2) is 0 Å². The summed E-state index contributed by atoms with van der Waals surface area (Å²) in [5.41, 5.74) is 0.719. The van der Waals surface area contributed by atoms with Crippen molar-refractivity contribution in [3.8, 4) is 5.75 Å². The summed E-state index contributed by atoms with van der Waals surface area (Å²) in [6.45, 7) is -0.342. The number of hydrogen-bond donors (Lipinski definition) is 1.